The maximum atomic E-state index is 13.8. The number of nitrogens with one attached hydrogen (secondary N) is 1. The molecule has 0 bridgehead atoms. The van der Waals surface area contributed by atoms with Gasteiger partial charge < -0.3 is 4.74 Å². The molecule has 2 rings (SSSR count). The summed E-state index contributed by atoms with van der Waals surface area (Å²) in [6.45, 7) is 3.88. The molecule has 0 saturated carbocycles. The van der Waals surface area contributed by atoms with Crippen molar-refractivity contribution in [1.29, 1.82) is 0 Å². The topological polar surface area (TPSA) is 55.4 Å². The summed E-state index contributed by atoms with van der Waals surface area (Å²) in [6, 6.07) is 8.71. The summed E-state index contributed by atoms with van der Waals surface area (Å²) in [5, 5.41) is 0. The van der Waals surface area contributed by atoms with E-state index < -0.39 is 15.8 Å². The molecular weight excluding hydrogens is 385 g/mol. The Hall–Kier alpha value is -1.60. The molecule has 0 aliphatic heterocycles. The SMILES string of the molecule is COc1ccc(S(=O)(=O)Nc2ccc(Br)cc2F)cc1C(C)C. The van der Waals surface area contributed by atoms with Crippen LogP contribution in [0.3, 0.4) is 0 Å². The lowest BCUT2D eigenvalue weighted by molar-refractivity contribution is 0.407. The molecule has 0 heterocycles. The number of hydrogen-bond acceptors (Lipinski definition) is 3. The van der Waals surface area contributed by atoms with Crippen LogP contribution in [0.1, 0.15) is 25.3 Å². The summed E-state index contributed by atoms with van der Waals surface area (Å²) in [5.74, 6) is 0.0545. The smallest absolute Gasteiger partial charge is 0.262 e. The lowest BCUT2D eigenvalue weighted by atomic mass is 10.0. The van der Waals surface area contributed by atoms with Crippen LogP contribution in [0.5, 0.6) is 5.75 Å². The fourth-order valence-electron chi connectivity index (χ4n) is 2.11. The van der Waals surface area contributed by atoms with Crippen molar-refractivity contribution < 1.29 is 17.5 Å². The Bertz CT molecular complexity index is 822. The highest BCUT2D eigenvalue weighted by molar-refractivity contribution is 9.10. The van der Waals surface area contributed by atoms with Gasteiger partial charge in [0.2, 0.25) is 0 Å². The van der Waals surface area contributed by atoms with E-state index in [0.29, 0.717) is 10.2 Å². The first-order valence-electron chi connectivity index (χ1n) is 6.90. The molecular formula is C16H17BrFNO3S. The zero-order valence-electron chi connectivity index (χ0n) is 12.9. The lowest BCUT2D eigenvalue weighted by Gasteiger charge is -2.15. The predicted octanol–water partition coefficient (Wildman–Crippen LogP) is 4.52. The van der Waals surface area contributed by atoms with Crippen LogP contribution in [0.2, 0.25) is 0 Å². The van der Waals surface area contributed by atoms with Crippen molar-refractivity contribution in [3.63, 3.8) is 0 Å². The van der Waals surface area contributed by atoms with Crippen LogP contribution in [-0.4, -0.2) is 15.5 Å². The van der Waals surface area contributed by atoms with E-state index in [1.165, 1.54) is 25.3 Å². The van der Waals surface area contributed by atoms with Crippen LogP contribution in [0.25, 0.3) is 0 Å². The Labute approximate surface area is 143 Å². The van der Waals surface area contributed by atoms with Crippen LogP contribution in [0, 0.1) is 5.82 Å². The molecule has 0 amide bonds. The minimum absolute atomic E-state index is 0.0596. The van der Waals surface area contributed by atoms with Crippen molar-refractivity contribution in [1.82, 2.24) is 0 Å². The summed E-state index contributed by atoms with van der Waals surface area (Å²) < 4.78 is 46.9. The number of benzene rings is 2. The zero-order valence-corrected chi connectivity index (χ0v) is 15.3. The number of sulfonamides is 1. The molecule has 23 heavy (non-hydrogen) atoms. The predicted molar refractivity (Wildman–Crippen MR) is 92.0 cm³/mol. The summed E-state index contributed by atoms with van der Waals surface area (Å²) in [5.41, 5.74) is 0.668. The van der Waals surface area contributed by atoms with Gasteiger partial charge in [-0.25, -0.2) is 12.8 Å². The van der Waals surface area contributed by atoms with E-state index in [9.17, 15) is 12.8 Å². The Morgan fingerprint density at radius 2 is 1.87 bits per heavy atom. The van der Waals surface area contributed by atoms with Gasteiger partial charge in [0, 0.05) is 4.47 Å². The number of methoxy groups -OCH3 is 1. The van der Waals surface area contributed by atoms with E-state index >= 15 is 0 Å². The Balaban J connectivity index is 2.41. The van der Waals surface area contributed by atoms with E-state index in [1.54, 1.807) is 18.2 Å². The van der Waals surface area contributed by atoms with Crippen molar-refractivity contribution in [2.24, 2.45) is 0 Å². The second-order valence-electron chi connectivity index (χ2n) is 5.29. The van der Waals surface area contributed by atoms with Gasteiger partial charge in [-0.2, -0.15) is 0 Å². The van der Waals surface area contributed by atoms with Gasteiger partial charge in [-0.3, -0.25) is 4.72 Å². The molecule has 0 aliphatic rings. The van der Waals surface area contributed by atoms with E-state index in [0.717, 1.165) is 5.56 Å². The molecule has 0 radical (unpaired) electrons. The standard InChI is InChI=1S/C16H17BrFNO3S/c1-10(2)13-9-12(5-7-16(13)22-3)23(20,21)19-15-6-4-11(17)8-14(15)18/h4-10,19H,1-3H3. The average Bonchev–Trinajstić information content (AvgIpc) is 2.49. The third-order valence-electron chi connectivity index (χ3n) is 3.31. The highest BCUT2D eigenvalue weighted by Gasteiger charge is 2.19. The quantitative estimate of drug-likeness (QED) is 0.800. The molecule has 0 unspecified atom stereocenters. The third kappa shape index (κ3) is 4.03. The lowest BCUT2D eigenvalue weighted by Crippen LogP contribution is -2.14. The van der Waals surface area contributed by atoms with Crippen LogP contribution in [-0.2, 0) is 10.0 Å². The molecule has 0 aromatic heterocycles. The van der Waals surface area contributed by atoms with E-state index in [1.807, 2.05) is 13.8 Å². The van der Waals surface area contributed by atoms with E-state index in [2.05, 4.69) is 20.7 Å². The number of rotatable bonds is 5. The monoisotopic (exact) mass is 401 g/mol. The van der Waals surface area contributed by atoms with Crippen LogP contribution < -0.4 is 9.46 Å². The van der Waals surface area contributed by atoms with Gasteiger partial charge in [-0.1, -0.05) is 29.8 Å². The van der Waals surface area contributed by atoms with E-state index in [4.69, 9.17) is 4.74 Å². The molecule has 7 heteroatoms. The van der Waals surface area contributed by atoms with Crippen LogP contribution in [0.15, 0.2) is 45.8 Å². The first kappa shape index (κ1) is 17.7. The second-order valence-corrected chi connectivity index (χ2v) is 7.89. The molecule has 0 saturated heterocycles. The maximum Gasteiger partial charge on any atom is 0.262 e. The highest BCUT2D eigenvalue weighted by Crippen LogP contribution is 2.30. The third-order valence-corrected chi connectivity index (χ3v) is 5.17. The molecule has 2 aromatic rings. The van der Waals surface area contributed by atoms with Crippen molar-refractivity contribution in [3.8, 4) is 5.75 Å². The van der Waals surface area contributed by atoms with Crippen molar-refractivity contribution >= 4 is 31.6 Å². The minimum atomic E-state index is -3.89. The normalized spacial score (nSPS) is 11.6. The van der Waals surface area contributed by atoms with Crippen molar-refractivity contribution in [3.05, 3.63) is 52.3 Å². The summed E-state index contributed by atoms with van der Waals surface area (Å²) in [7, 11) is -2.36. The van der Waals surface area contributed by atoms with Crippen LogP contribution in [0.4, 0.5) is 10.1 Å². The van der Waals surface area contributed by atoms with Crippen molar-refractivity contribution in [2.75, 3.05) is 11.8 Å². The first-order chi connectivity index (χ1) is 10.7. The summed E-state index contributed by atoms with van der Waals surface area (Å²) in [6.07, 6.45) is 0. The van der Waals surface area contributed by atoms with E-state index in [-0.39, 0.29) is 16.5 Å². The van der Waals surface area contributed by atoms with Gasteiger partial charge in [-0.05, 0) is 47.9 Å². The fraction of sp³-hybridized carbons (Fsp3) is 0.250. The summed E-state index contributed by atoms with van der Waals surface area (Å²) in [4.78, 5) is 0.0596. The molecule has 124 valence electrons. The molecule has 4 nitrogen and oxygen atoms in total. The Morgan fingerprint density at radius 1 is 1.17 bits per heavy atom. The number of ether oxygens (including phenoxy) is 1. The summed E-state index contributed by atoms with van der Waals surface area (Å²) >= 11 is 3.13. The maximum absolute atomic E-state index is 13.8. The fourth-order valence-corrected chi connectivity index (χ4v) is 3.54. The van der Waals surface area contributed by atoms with Gasteiger partial charge in [0.1, 0.15) is 11.6 Å². The van der Waals surface area contributed by atoms with Crippen molar-refractivity contribution in [2.45, 2.75) is 24.7 Å². The average molecular weight is 402 g/mol. The Morgan fingerprint density at radius 3 is 2.43 bits per heavy atom. The zero-order chi connectivity index (χ0) is 17.2. The van der Waals surface area contributed by atoms with Gasteiger partial charge in [0.15, 0.2) is 0 Å². The van der Waals surface area contributed by atoms with Gasteiger partial charge >= 0.3 is 0 Å². The largest absolute Gasteiger partial charge is 0.496 e. The molecule has 0 spiro atoms. The highest BCUT2D eigenvalue weighted by atomic mass is 79.9. The first-order valence-corrected chi connectivity index (χ1v) is 9.18. The molecule has 2 aromatic carbocycles. The molecule has 1 N–H and O–H groups in total. The van der Waals surface area contributed by atoms with Gasteiger partial charge in [-0.15, -0.1) is 0 Å². The minimum Gasteiger partial charge on any atom is -0.496 e. The van der Waals surface area contributed by atoms with Gasteiger partial charge in [0.25, 0.3) is 10.0 Å². The molecule has 0 aliphatic carbocycles. The second kappa shape index (κ2) is 6.88. The molecule has 0 atom stereocenters. The number of halogens is 2. The van der Waals surface area contributed by atoms with Crippen LogP contribution >= 0.6 is 15.9 Å². The molecule has 0 fully saturated rings. The Kier molecular flexibility index (Phi) is 5.31. The number of hydrogen-bond donors (Lipinski definition) is 1. The van der Waals surface area contributed by atoms with Gasteiger partial charge in [0.05, 0.1) is 17.7 Å². The number of anilines is 1.